The molecule has 15 atom stereocenters. The number of likely N-dealkylation sites (tertiary alicyclic amines) is 3. The van der Waals surface area contributed by atoms with Crippen LogP contribution in [0.25, 0.3) is 0 Å². The number of benzene rings is 3. The second-order valence-electron chi connectivity index (χ2n) is 29.4. The Labute approximate surface area is 503 Å². The lowest BCUT2D eigenvalue weighted by atomic mass is 9.47. The maximum Gasteiger partial charge on any atom is 0.252 e. The first-order valence-electron chi connectivity index (χ1n) is 32.8. The van der Waals surface area contributed by atoms with E-state index in [1.807, 2.05) is 25.1 Å². The molecule has 9 aliphatic carbocycles. The van der Waals surface area contributed by atoms with E-state index >= 15 is 0 Å². The Balaban J connectivity index is 0.000000105. The van der Waals surface area contributed by atoms with Gasteiger partial charge in [-0.25, -0.2) is 0 Å². The monoisotopic (exact) mass is 1170 g/mol. The van der Waals surface area contributed by atoms with E-state index in [-0.39, 0.29) is 53.7 Å². The Kier molecular flexibility index (Phi) is 12.4. The smallest absolute Gasteiger partial charge is 0.252 e. The van der Waals surface area contributed by atoms with E-state index in [2.05, 4.69) is 33.0 Å². The maximum absolute atomic E-state index is 12.4. The van der Waals surface area contributed by atoms with Gasteiger partial charge in [0, 0.05) is 60.5 Å². The molecule has 3 saturated heterocycles. The van der Waals surface area contributed by atoms with Crippen molar-refractivity contribution in [3.8, 4) is 17.2 Å². The number of primary amides is 3. The van der Waals surface area contributed by atoms with Gasteiger partial charge in [0.25, 0.3) is 17.7 Å². The van der Waals surface area contributed by atoms with Crippen molar-refractivity contribution >= 4 is 23.6 Å². The number of carbonyl (C=O) groups excluding carboxylic acids is 4. The summed E-state index contributed by atoms with van der Waals surface area (Å²) in [5, 5.41) is 39.9. The molecule has 6 aliphatic heterocycles. The number of hydrogen-bond acceptors (Lipinski definition) is 14. The van der Waals surface area contributed by atoms with Crippen LogP contribution < -0.4 is 42.5 Å². The summed E-state index contributed by atoms with van der Waals surface area (Å²) in [5.41, 5.74) is 27.4. The van der Waals surface area contributed by atoms with Gasteiger partial charge in [0.1, 0.15) is 35.6 Å². The Morgan fingerprint density at radius 2 is 0.907 bits per heavy atom. The SMILES string of the molecule is C/C=C/C(=O)N[C@@H]1CC[C@@]2(O)[C@H]3Cc4ccc(C(N)=O)c5c4[C@@]2(CCN3CC2CC2)[C@H]1O5.C[C@@H]1CC[C@@]2(O)[C@H]3Cc4ccc(C(N)=O)c5c4[C@@]2(CCN3CC2CC2)[C@H]1O5.NC(=O)c1ccc2c3c1O[C@H]1[C@H](N)CC[C@@]4(O)[C@@H](C2)N(CC2CC2)CC[C@]314. The quantitative estimate of drug-likeness (QED) is 0.126. The first-order chi connectivity index (χ1) is 41.3. The summed E-state index contributed by atoms with van der Waals surface area (Å²) in [6.45, 7) is 10.1. The minimum atomic E-state index is -0.957. The zero-order valence-electron chi connectivity index (χ0n) is 49.9. The molecule has 6 heterocycles. The van der Waals surface area contributed by atoms with E-state index in [0.717, 1.165) is 137 Å². The topological polar surface area (TPSA) is 282 Å². The van der Waals surface area contributed by atoms with E-state index in [9.17, 15) is 34.5 Å². The first-order valence-corrected chi connectivity index (χ1v) is 32.8. The largest absolute Gasteiger partial charge is 0.488 e. The fourth-order valence-corrected chi connectivity index (χ4v) is 20.9. The third kappa shape index (κ3) is 7.49. The third-order valence-corrected chi connectivity index (χ3v) is 25.1. The van der Waals surface area contributed by atoms with Crippen molar-refractivity contribution in [1.29, 1.82) is 0 Å². The van der Waals surface area contributed by atoms with Gasteiger partial charge in [0.15, 0.2) is 0 Å². The van der Waals surface area contributed by atoms with Gasteiger partial charge in [0.2, 0.25) is 5.91 Å². The van der Waals surface area contributed by atoms with E-state index in [4.69, 9.17) is 37.1 Å². The van der Waals surface area contributed by atoms with Crippen molar-refractivity contribution in [2.75, 3.05) is 39.3 Å². The van der Waals surface area contributed by atoms with Crippen LogP contribution in [0.1, 0.15) is 175 Å². The number of nitrogens with zero attached hydrogens (tertiary/aromatic N) is 3. The fourth-order valence-electron chi connectivity index (χ4n) is 20.9. The average molecular weight is 1180 g/mol. The summed E-state index contributed by atoms with van der Waals surface area (Å²) >= 11 is 0. The highest BCUT2D eigenvalue weighted by molar-refractivity contribution is 5.98. The number of nitrogens with one attached hydrogen (secondary N) is 1. The number of allylic oxidation sites excluding steroid dienone is 1. The average Bonchev–Trinajstić information content (AvgIpc) is 1.41. The molecule has 18 heteroatoms. The molecule has 86 heavy (non-hydrogen) atoms. The van der Waals surface area contributed by atoms with Gasteiger partial charge in [-0.1, -0.05) is 31.2 Å². The zero-order chi connectivity index (χ0) is 59.4. The maximum atomic E-state index is 12.4. The van der Waals surface area contributed by atoms with Crippen molar-refractivity contribution in [3.63, 3.8) is 0 Å². The second-order valence-corrected chi connectivity index (χ2v) is 29.4. The van der Waals surface area contributed by atoms with Crippen LogP contribution in [0.15, 0.2) is 48.6 Å². The van der Waals surface area contributed by atoms with Crippen LogP contribution in [0.5, 0.6) is 17.2 Å². The number of aliphatic hydroxyl groups is 3. The van der Waals surface area contributed by atoms with Crippen LogP contribution in [-0.2, 0) is 40.3 Å². The Morgan fingerprint density at radius 1 is 0.535 bits per heavy atom. The van der Waals surface area contributed by atoms with Crippen molar-refractivity contribution in [2.45, 2.75) is 211 Å². The molecular formula is C68H86N8O10. The minimum Gasteiger partial charge on any atom is -0.488 e. The van der Waals surface area contributed by atoms with Crippen LogP contribution in [0, 0.1) is 23.7 Å². The predicted octanol–water partition coefficient (Wildman–Crippen LogP) is 4.07. The molecule has 4 amide bonds. The van der Waals surface area contributed by atoms with E-state index in [1.165, 1.54) is 55.7 Å². The summed E-state index contributed by atoms with van der Waals surface area (Å²) in [5.74, 6) is 2.90. The summed E-state index contributed by atoms with van der Waals surface area (Å²) in [7, 11) is 0. The highest BCUT2D eigenvalue weighted by Crippen LogP contribution is 2.68. The van der Waals surface area contributed by atoms with Gasteiger partial charge in [-0.15, -0.1) is 0 Å². The van der Waals surface area contributed by atoms with E-state index < -0.39 is 51.5 Å². The zero-order valence-corrected chi connectivity index (χ0v) is 49.9. The lowest BCUT2D eigenvalue weighted by Gasteiger charge is -2.64. The summed E-state index contributed by atoms with van der Waals surface area (Å²) in [6, 6.07) is 11.4. The molecule has 0 aromatic heterocycles. The first kappa shape index (κ1) is 55.7. The molecule has 9 fully saturated rings. The molecule has 458 valence electrons. The molecule has 0 radical (unpaired) electrons. The molecule has 3 aromatic carbocycles. The Morgan fingerprint density at radius 3 is 1.31 bits per heavy atom. The van der Waals surface area contributed by atoms with Gasteiger partial charge in [-0.2, -0.15) is 0 Å². The molecular weight excluding hydrogens is 1090 g/mol. The molecule has 12 N–H and O–H groups in total. The molecule has 3 spiro atoms. The van der Waals surface area contributed by atoms with Gasteiger partial charge < -0.3 is 57.8 Å². The summed E-state index contributed by atoms with van der Waals surface area (Å²) in [4.78, 5) is 56.4. The van der Waals surface area contributed by atoms with Gasteiger partial charge in [0.05, 0.1) is 55.8 Å². The molecule has 18 rings (SSSR count). The van der Waals surface area contributed by atoms with Crippen LogP contribution in [0.3, 0.4) is 0 Å². The number of carbonyl (C=O) groups is 4. The van der Waals surface area contributed by atoms with Crippen LogP contribution in [-0.4, -0.2) is 158 Å². The van der Waals surface area contributed by atoms with Crippen LogP contribution in [0.2, 0.25) is 0 Å². The lowest BCUT2D eigenvalue weighted by molar-refractivity contribution is -0.196. The molecule has 18 nitrogen and oxygen atoms in total. The predicted molar refractivity (Wildman–Crippen MR) is 319 cm³/mol. The van der Waals surface area contributed by atoms with E-state index in [0.29, 0.717) is 59.1 Å². The number of ether oxygens (including phenoxy) is 3. The minimum absolute atomic E-state index is 0.0213. The standard InChI is InChI=1S/C25H31N3O4.C22H28N2O3.C21H27N3O3/c1-2-3-19(29)27-17-8-9-25(31)18-12-15-6-7-16(23(26)30)21-20(15)24(25,22(17)32-21)10-11-28(18)13-14-4-5-14;1-12-6-7-22(26)16-10-14-4-5-15(20(23)25)18-17(14)21(22,19(12)27-18)8-9-24(16)11-13-2-3-13;22-14-5-6-21(26)15-9-12-3-4-13(19(23)25)17-16(12)20(21,18(14)27-17)7-8-24(15)10-11-1-2-11/h2-3,6-7,14,17-18,22,31H,4-5,8-13H2,1H3,(H2,26,30)(H,27,29);4-5,12-13,16,19,26H,2-3,6-11H2,1H3,(H2,23,25);3-4,11,14-15,18,26H,1-2,5-10,22H2,(H2,23,25)/b3-2+;;/t17-,18-,22+,24+,25-;12-,16-,19+,21+,22-;14-,15-,18+,20+,21-/m111/s1. The molecule has 6 bridgehead atoms. The number of hydrogen-bond donors (Lipinski definition) is 8. The van der Waals surface area contributed by atoms with Crippen molar-refractivity contribution < 1.29 is 48.7 Å². The van der Waals surface area contributed by atoms with E-state index in [1.54, 1.807) is 18.2 Å². The third-order valence-electron chi connectivity index (χ3n) is 25.1. The summed E-state index contributed by atoms with van der Waals surface area (Å²) in [6.07, 6.45) is 19.6. The van der Waals surface area contributed by atoms with Crippen molar-refractivity contribution in [3.05, 3.63) is 98.6 Å². The van der Waals surface area contributed by atoms with Crippen molar-refractivity contribution in [2.24, 2.45) is 46.6 Å². The second kappa shape index (κ2) is 19.2. The normalized spacial score (nSPS) is 40.0. The lowest BCUT2D eigenvalue weighted by Crippen LogP contribution is -2.78. The van der Waals surface area contributed by atoms with Gasteiger partial charge >= 0.3 is 0 Å². The number of rotatable bonds is 11. The summed E-state index contributed by atoms with van der Waals surface area (Å²) < 4.78 is 19.4. The molecule has 6 saturated carbocycles. The van der Waals surface area contributed by atoms with Crippen LogP contribution in [0.4, 0.5) is 0 Å². The van der Waals surface area contributed by atoms with Gasteiger partial charge in [-0.3, -0.25) is 33.9 Å². The molecule has 3 aromatic rings. The molecule has 0 unspecified atom stereocenters. The van der Waals surface area contributed by atoms with Gasteiger partial charge in [-0.05, 0) is 207 Å². The fraction of sp³-hybridized carbons (Fsp3) is 0.647. The molecule has 15 aliphatic rings. The number of piperidine rings is 3. The Hall–Kier alpha value is -5.60. The van der Waals surface area contributed by atoms with Crippen LogP contribution >= 0.6 is 0 Å². The van der Waals surface area contributed by atoms with Crippen molar-refractivity contribution in [1.82, 2.24) is 20.0 Å². The number of amides is 4. The Bertz CT molecular complexity index is 3300. The highest BCUT2D eigenvalue weighted by Gasteiger charge is 2.76. The highest BCUT2D eigenvalue weighted by atomic mass is 16.5. The number of nitrogens with two attached hydrogens (primary N) is 4.